The molecule has 1 amide bonds. The molecule has 0 spiro atoms. The van der Waals surface area contributed by atoms with Crippen LogP contribution in [0, 0.1) is 0 Å². The molecule has 2 heterocycles. The van der Waals surface area contributed by atoms with Crippen molar-refractivity contribution in [1.29, 1.82) is 0 Å². The minimum atomic E-state index is 0.0661. The Bertz CT molecular complexity index is 576. The van der Waals surface area contributed by atoms with E-state index in [1.165, 1.54) is 11.3 Å². The van der Waals surface area contributed by atoms with Crippen molar-refractivity contribution in [3.05, 3.63) is 40.2 Å². The Morgan fingerprint density at radius 3 is 2.88 bits per heavy atom. The zero-order valence-corrected chi connectivity index (χ0v) is 9.86. The Kier molecular flexibility index (Phi) is 2.23. The lowest BCUT2D eigenvalue weighted by Gasteiger charge is -2.01. The van der Waals surface area contributed by atoms with E-state index in [0.717, 1.165) is 26.0 Å². The monoisotopic (exact) mass is 249 g/mol. The van der Waals surface area contributed by atoms with Crippen molar-refractivity contribution in [2.45, 2.75) is 6.42 Å². The smallest absolute Gasteiger partial charge is 0.228 e. The number of fused-ring (bicyclic) bond motifs is 1. The molecule has 0 saturated carbocycles. The number of benzene rings is 1. The molecule has 1 aliphatic rings. The molecule has 80 valence electrons. The molecule has 0 fully saturated rings. The van der Waals surface area contributed by atoms with Gasteiger partial charge in [-0.3, -0.25) is 4.79 Å². The van der Waals surface area contributed by atoms with Crippen molar-refractivity contribution in [1.82, 2.24) is 0 Å². The van der Waals surface area contributed by atoms with Crippen LogP contribution < -0.4 is 5.32 Å². The molecule has 4 heteroatoms. The zero-order valence-electron chi connectivity index (χ0n) is 8.29. The standard InChI is InChI=1S/C12H8ClNOS/c13-11-4-3-10(16-11)8-2-1-7-6-12(15)14-9(7)5-8/h1-5H,6H2,(H,14,15). The maximum absolute atomic E-state index is 11.2. The summed E-state index contributed by atoms with van der Waals surface area (Å²) < 4.78 is 0.777. The molecular formula is C12H8ClNOS. The first kappa shape index (κ1) is 9.87. The number of hydrogen-bond donors (Lipinski definition) is 1. The van der Waals surface area contributed by atoms with Gasteiger partial charge >= 0.3 is 0 Å². The maximum atomic E-state index is 11.2. The Labute approximate surface area is 102 Å². The lowest BCUT2D eigenvalue weighted by atomic mass is 10.1. The van der Waals surface area contributed by atoms with E-state index in [1.807, 2.05) is 30.3 Å². The normalized spacial score (nSPS) is 13.7. The van der Waals surface area contributed by atoms with Crippen LogP contribution >= 0.6 is 22.9 Å². The van der Waals surface area contributed by atoms with Crippen LogP contribution in [0.15, 0.2) is 30.3 Å². The molecule has 1 N–H and O–H groups in total. The van der Waals surface area contributed by atoms with Crippen LogP contribution in [-0.4, -0.2) is 5.91 Å². The molecule has 0 saturated heterocycles. The molecule has 0 unspecified atom stereocenters. The van der Waals surface area contributed by atoms with Crippen LogP contribution in [0.2, 0.25) is 4.34 Å². The van der Waals surface area contributed by atoms with Gasteiger partial charge in [0.1, 0.15) is 0 Å². The molecule has 0 atom stereocenters. The highest BCUT2D eigenvalue weighted by Crippen LogP contribution is 2.34. The van der Waals surface area contributed by atoms with Crippen LogP contribution in [-0.2, 0) is 11.2 Å². The number of hydrogen-bond acceptors (Lipinski definition) is 2. The summed E-state index contributed by atoms with van der Waals surface area (Å²) in [4.78, 5) is 12.3. The van der Waals surface area contributed by atoms with Gasteiger partial charge in [0.05, 0.1) is 10.8 Å². The summed E-state index contributed by atoms with van der Waals surface area (Å²) in [6.07, 6.45) is 0.487. The Hall–Kier alpha value is -1.32. The first-order valence-corrected chi connectivity index (χ1v) is 6.10. The summed E-state index contributed by atoms with van der Waals surface area (Å²) in [6.45, 7) is 0. The molecule has 0 radical (unpaired) electrons. The number of amides is 1. The van der Waals surface area contributed by atoms with E-state index in [9.17, 15) is 4.79 Å². The van der Waals surface area contributed by atoms with Crippen LogP contribution in [0.1, 0.15) is 5.56 Å². The number of nitrogens with one attached hydrogen (secondary N) is 1. The third-order valence-corrected chi connectivity index (χ3v) is 3.87. The predicted molar refractivity (Wildman–Crippen MR) is 67.1 cm³/mol. The van der Waals surface area contributed by atoms with Crippen LogP contribution in [0.5, 0.6) is 0 Å². The van der Waals surface area contributed by atoms with E-state index in [0.29, 0.717) is 6.42 Å². The molecule has 0 bridgehead atoms. The Morgan fingerprint density at radius 1 is 1.25 bits per heavy atom. The minimum absolute atomic E-state index is 0.0661. The highest BCUT2D eigenvalue weighted by molar-refractivity contribution is 7.19. The van der Waals surface area contributed by atoms with Gasteiger partial charge in [-0.05, 0) is 29.3 Å². The SMILES string of the molecule is O=C1Cc2ccc(-c3ccc(Cl)s3)cc2N1. The molecule has 2 nitrogen and oxygen atoms in total. The zero-order chi connectivity index (χ0) is 11.1. The van der Waals surface area contributed by atoms with Gasteiger partial charge in [-0.2, -0.15) is 0 Å². The molecule has 2 aromatic rings. The third kappa shape index (κ3) is 1.62. The van der Waals surface area contributed by atoms with Crippen molar-refractivity contribution in [3.63, 3.8) is 0 Å². The van der Waals surface area contributed by atoms with E-state index in [-0.39, 0.29) is 5.91 Å². The summed E-state index contributed by atoms with van der Waals surface area (Å²) in [7, 11) is 0. The largest absolute Gasteiger partial charge is 0.326 e. The first-order valence-electron chi connectivity index (χ1n) is 4.91. The second-order valence-corrected chi connectivity index (χ2v) is 5.42. The van der Waals surface area contributed by atoms with Gasteiger partial charge in [0, 0.05) is 10.6 Å². The molecule has 1 aliphatic heterocycles. The molecule has 1 aromatic heterocycles. The Morgan fingerprint density at radius 2 is 2.12 bits per heavy atom. The van der Waals surface area contributed by atoms with E-state index in [2.05, 4.69) is 5.32 Å². The highest BCUT2D eigenvalue weighted by Gasteiger charge is 2.17. The quantitative estimate of drug-likeness (QED) is 0.823. The molecule has 1 aromatic carbocycles. The van der Waals surface area contributed by atoms with Gasteiger partial charge in [-0.1, -0.05) is 23.7 Å². The molecule has 16 heavy (non-hydrogen) atoms. The maximum Gasteiger partial charge on any atom is 0.228 e. The van der Waals surface area contributed by atoms with Gasteiger partial charge < -0.3 is 5.32 Å². The third-order valence-electron chi connectivity index (χ3n) is 2.59. The van der Waals surface area contributed by atoms with Crippen molar-refractivity contribution in [2.75, 3.05) is 5.32 Å². The second-order valence-electron chi connectivity index (χ2n) is 3.70. The summed E-state index contributed by atoms with van der Waals surface area (Å²) in [6, 6.07) is 9.90. The molecule has 3 rings (SSSR count). The van der Waals surface area contributed by atoms with Gasteiger partial charge in [-0.15, -0.1) is 11.3 Å². The number of carbonyl (C=O) groups excluding carboxylic acids is 1. The van der Waals surface area contributed by atoms with Crippen molar-refractivity contribution in [2.24, 2.45) is 0 Å². The average molecular weight is 250 g/mol. The van der Waals surface area contributed by atoms with Crippen molar-refractivity contribution in [3.8, 4) is 10.4 Å². The van der Waals surface area contributed by atoms with Crippen molar-refractivity contribution < 1.29 is 4.79 Å². The fraction of sp³-hybridized carbons (Fsp3) is 0.0833. The minimum Gasteiger partial charge on any atom is -0.326 e. The van der Waals surface area contributed by atoms with Gasteiger partial charge in [-0.25, -0.2) is 0 Å². The fourth-order valence-corrected chi connectivity index (χ4v) is 2.88. The van der Waals surface area contributed by atoms with E-state index < -0.39 is 0 Å². The summed E-state index contributed by atoms with van der Waals surface area (Å²) in [5.41, 5.74) is 3.08. The lowest BCUT2D eigenvalue weighted by molar-refractivity contribution is -0.115. The number of anilines is 1. The molecular weight excluding hydrogens is 242 g/mol. The number of rotatable bonds is 1. The van der Waals surface area contributed by atoms with Gasteiger partial charge in [0.15, 0.2) is 0 Å². The highest BCUT2D eigenvalue weighted by atomic mass is 35.5. The average Bonchev–Trinajstić information content (AvgIpc) is 2.81. The van der Waals surface area contributed by atoms with E-state index in [4.69, 9.17) is 11.6 Å². The number of thiophene rings is 1. The first-order chi connectivity index (χ1) is 7.72. The topological polar surface area (TPSA) is 29.1 Å². The number of halogens is 1. The lowest BCUT2D eigenvalue weighted by Crippen LogP contribution is -2.03. The van der Waals surface area contributed by atoms with E-state index >= 15 is 0 Å². The second kappa shape index (κ2) is 3.61. The predicted octanol–water partition coefficient (Wildman–Crippen LogP) is 3.56. The van der Waals surface area contributed by atoms with Crippen LogP contribution in [0.25, 0.3) is 10.4 Å². The molecule has 0 aliphatic carbocycles. The van der Waals surface area contributed by atoms with Gasteiger partial charge in [0.2, 0.25) is 5.91 Å². The van der Waals surface area contributed by atoms with Crippen LogP contribution in [0.3, 0.4) is 0 Å². The van der Waals surface area contributed by atoms with Gasteiger partial charge in [0.25, 0.3) is 0 Å². The summed E-state index contributed by atoms with van der Waals surface area (Å²) in [5.74, 6) is 0.0661. The number of carbonyl (C=O) groups is 1. The summed E-state index contributed by atoms with van der Waals surface area (Å²) >= 11 is 7.44. The fourth-order valence-electron chi connectivity index (χ4n) is 1.84. The van der Waals surface area contributed by atoms with Crippen molar-refractivity contribution >= 4 is 34.5 Å². The summed E-state index contributed by atoms with van der Waals surface area (Å²) in [5, 5.41) is 2.85. The Balaban J connectivity index is 2.05. The van der Waals surface area contributed by atoms with E-state index in [1.54, 1.807) is 0 Å². The van der Waals surface area contributed by atoms with Crippen LogP contribution in [0.4, 0.5) is 5.69 Å².